The van der Waals surface area contributed by atoms with Crippen molar-refractivity contribution < 1.29 is 14.6 Å². The number of pyridine rings is 1. The highest BCUT2D eigenvalue weighted by Gasteiger charge is 2.43. The van der Waals surface area contributed by atoms with E-state index in [0.29, 0.717) is 18.8 Å². The number of aliphatic carboxylic acids is 1. The van der Waals surface area contributed by atoms with Gasteiger partial charge >= 0.3 is 5.97 Å². The Hall–Kier alpha value is -1.62. The molecule has 0 aliphatic carbocycles. The van der Waals surface area contributed by atoms with E-state index in [1.807, 2.05) is 17.0 Å². The molecular formula is C13H18N2O3. The maximum absolute atomic E-state index is 11.4. The maximum Gasteiger partial charge on any atom is 0.323 e. The first kappa shape index (κ1) is 12.8. The second-order valence-electron chi connectivity index (χ2n) is 4.78. The monoisotopic (exact) mass is 250 g/mol. The summed E-state index contributed by atoms with van der Waals surface area (Å²) in [6.45, 7) is 3.12. The number of hydrogen-bond acceptors (Lipinski definition) is 4. The molecule has 1 fully saturated rings. The fourth-order valence-corrected chi connectivity index (χ4v) is 2.37. The van der Waals surface area contributed by atoms with Gasteiger partial charge in [-0.3, -0.25) is 9.69 Å². The van der Waals surface area contributed by atoms with Gasteiger partial charge in [0.15, 0.2) is 0 Å². The van der Waals surface area contributed by atoms with E-state index in [0.717, 1.165) is 18.7 Å². The van der Waals surface area contributed by atoms with E-state index in [1.165, 1.54) is 0 Å². The molecule has 5 nitrogen and oxygen atoms in total. The summed E-state index contributed by atoms with van der Waals surface area (Å²) in [5, 5.41) is 9.33. The molecule has 0 bridgehead atoms. The molecule has 2 rings (SSSR count). The third-order valence-electron chi connectivity index (χ3n) is 3.59. The van der Waals surface area contributed by atoms with Gasteiger partial charge in [0.25, 0.3) is 0 Å². The van der Waals surface area contributed by atoms with Crippen LogP contribution in [0.1, 0.15) is 25.5 Å². The molecule has 1 atom stereocenters. The minimum Gasteiger partial charge on any atom is -0.481 e. The Morgan fingerprint density at radius 3 is 3.06 bits per heavy atom. The molecule has 0 radical (unpaired) electrons. The second-order valence-corrected chi connectivity index (χ2v) is 4.78. The van der Waals surface area contributed by atoms with E-state index >= 15 is 0 Å². The van der Waals surface area contributed by atoms with Gasteiger partial charge in [0, 0.05) is 12.6 Å². The zero-order chi connectivity index (χ0) is 13.2. The third-order valence-corrected chi connectivity index (χ3v) is 3.59. The van der Waals surface area contributed by atoms with Crippen molar-refractivity contribution in [3.8, 4) is 5.88 Å². The number of carboxylic acids is 1. The van der Waals surface area contributed by atoms with E-state index in [9.17, 15) is 9.90 Å². The highest BCUT2D eigenvalue weighted by molar-refractivity contribution is 5.78. The van der Waals surface area contributed by atoms with Gasteiger partial charge in [0.05, 0.1) is 12.8 Å². The van der Waals surface area contributed by atoms with Crippen LogP contribution in [-0.2, 0) is 11.3 Å². The lowest BCUT2D eigenvalue weighted by atomic mass is 9.99. The van der Waals surface area contributed by atoms with Crippen LogP contribution in [0, 0.1) is 0 Å². The minimum atomic E-state index is -0.773. The number of rotatable bonds is 4. The predicted molar refractivity (Wildman–Crippen MR) is 66.5 cm³/mol. The van der Waals surface area contributed by atoms with Crippen LogP contribution in [0.4, 0.5) is 0 Å². The normalized spacial score (nSPS) is 24.1. The molecule has 1 aliphatic heterocycles. The Morgan fingerprint density at radius 2 is 2.39 bits per heavy atom. The van der Waals surface area contributed by atoms with Gasteiger partial charge in [-0.15, -0.1) is 0 Å². The number of nitrogens with zero attached hydrogens (tertiary/aromatic N) is 2. The Labute approximate surface area is 106 Å². The van der Waals surface area contributed by atoms with E-state index in [-0.39, 0.29) is 0 Å². The van der Waals surface area contributed by atoms with Gasteiger partial charge in [0.1, 0.15) is 5.54 Å². The molecule has 5 heteroatoms. The summed E-state index contributed by atoms with van der Waals surface area (Å²) in [4.78, 5) is 17.7. The summed E-state index contributed by atoms with van der Waals surface area (Å²) in [6, 6.07) is 5.54. The number of carboxylic acid groups (broad SMARTS) is 1. The molecule has 1 unspecified atom stereocenters. The molecule has 0 aromatic carbocycles. The molecule has 1 saturated heterocycles. The van der Waals surface area contributed by atoms with Crippen LogP contribution >= 0.6 is 0 Å². The first-order chi connectivity index (χ1) is 8.56. The Morgan fingerprint density at radius 1 is 1.61 bits per heavy atom. The van der Waals surface area contributed by atoms with Crippen molar-refractivity contribution in [3.63, 3.8) is 0 Å². The molecule has 1 N–H and O–H groups in total. The number of aromatic nitrogens is 1. The quantitative estimate of drug-likeness (QED) is 0.878. The SMILES string of the molecule is COc1cccc(CN2CCCC2(C)C(=O)O)n1. The predicted octanol–water partition coefficient (Wildman–Crippen LogP) is 1.53. The molecular weight excluding hydrogens is 232 g/mol. The van der Waals surface area contributed by atoms with Crippen LogP contribution in [0.3, 0.4) is 0 Å². The highest BCUT2D eigenvalue weighted by Crippen LogP contribution is 2.30. The van der Waals surface area contributed by atoms with Crippen LogP contribution in [0.5, 0.6) is 5.88 Å². The van der Waals surface area contributed by atoms with Crippen LogP contribution < -0.4 is 4.74 Å². The average molecular weight is 250 g/mol. The van der Waals surface area contributed by atoms with Crippen molar-refractivity contribution in [1.29, 1.82) is 0 Å². The maximum atomic E-state index is 11.4. The first-order valence-corrected chi connectivity index (χ1v) is 6.04. The van der Waals surface area contributed by atoms with Crippen molar-refractivity contribution in [2.75, 3.05) is 13.7 Å². The van der Waals surface area contributed by atoms with Gasteiger partial charge in [-0.1, -0.05) is 6.07 Å². The lowest BCUT2D eigenvalue weighted by Crippen LogP contribution is -2.47. The highest BCUT2D eigenvalue weighted by atomic mass is 16.5. The summed E-state index contributed by atoms with van der Waals surface area (Å²) in [5.74, 6) is -0.202. The summed E-state index contributed by atoms with van der Waals surface area (Å²) >= 11 is 0. The van der Waals surface area contributed by atoms with Gasteiger partial charge < -0.3 is 9.84 Å². The first-order valence-electron chi connectivity index (χ1n) is 6.04. The molecule has 18 heavy (non-hydrogen) atoms. The van der Waals surface area contributed by atoms with Crippen LogP contribution in [0.15, 0.2) is 18.2 Å². The molecule has 1 aromatic rings. The Kier molecular flexibility index (Phi) is 3.52. The van der Waals surface area contributed by atoms with Crippen molar-refractivity contribution in [1.82, 2.24) is 9.88 Å². The smallest absolute Gasteiger partial charge is 0.323 e. The van der Waals surface area contributed by atoms with Crippen LogP contribution in [0.2, 0.25) is 0 Å². The molecule has 1 aromatic heterocycles. The van der Waals surface area contributed by atoms with E-state index in [4.69, 9.17) is 4.74 Å². The zero-order valence-electron chi connectivity index (χ0n) is 10.7. The van der Waals surface area contributed by atoms with Gasteiger partial charge in [0.2, 0.25) is 5.88 Å². The van der Waals surface area contributed by atoms with E-state index in [2.05, 4.69) is 4.98 Å². The molecule has 98 valence electrons. The van der Waals surface area contributed by atoms with E-state index < -0.39 is 11.5 Å². The number of likely N-dealkylation sites (tertiary alicyclic amines) is 1. The topological polar surface area (TPSA) is 62.7 Å². The minimum absolute atomic E-state index is 0.542. The molecule has 0 saturated carbocycles. The third kappa shape index (κ3) is 2.31. The molecule has 0 spiro atoms. The number of ether oxygens (including phenoxy) is 1. The summed E-state index contributed by atoms with van der Waals surface area (Å²) < 4.78 is 5.07. The van der Waals surface area contributed by atoms with Crippen molar-refractivity contribution in [2.45, 2.75) is 31.8 Å². The summed E-state index contributed by atoms with van der Waals surface area (Å²) in [7, 11) is 1.57. The summed E-state index contributed by atoms with van der Waals surface area (Å²) in [6.07, 6.45) is 1.60. The van der Waals surface area contributed by atoms with Crippen LogP contribution in [-0.4, -0.2) is 40.2 Å². The van der Waals surface area contributed by atoms with Crippen molar-refractivity contribution in [2.24, 2.45) is 0 Å². The Bertz CT molecular complexity index is 450. The molecule has 2 heterocycles. The second kappa shape index (κ2) is 4.94. The van der Waals surface area contributed by atoms with Crippen LogP contribution in [0.25, 0.3) is 0 Å². The molecule has 1 aliphatic rings. The van der Waals surface area contributed by atoms with Gasteiger partial charge in [-0.25, -0.2) is 4.98 Å². The zero-order valence-corrected chi connectivity index (χ0v) is 10.7. The fourth-order valence-electron chi connectivity index (χ4n) is 2.37. The van der Waals surface area contributed by atoms with Crippen molar-refractivity contribution in [3.05, 3.63) is 23.9 Å². The lowest BCUT2D eigenvalue weighted by molar-refractivity contribution is -0.148. The Balaban J connectivity index is 2.15. The van der Waals surface area contributed by atoms with Gasteiger partial charge in [-0.05, 0) is 32.4 Å². The standard InChI is InChI=1S/C13H18N2O3/c1-13(12(16)17)7-4-8-15(13)9-10-5-3-6-11(14-10)18-2/h3,5-6H,4,7-9H2,1-2H3,(H,16,17). The average Bonchev–Trinajstić information content (AvgIpc) is 2.73. The molecule has 0 amide bonds. The largest absolute Gasteiger partial charge is 0.481 e. The summed E-state index contributed by atoms with van der Waals surface area (Å²) in [5.41, 5.74) is 0.0637. The number of hydrogen-bond donors (Lipinski definition) is 1. The lowest BCUT2D eigenvalue weighted by Gasteiger charge is -2.30. The fraction of sp³-hybridized carbons (Fsp3) is 0.538. The van der Waals surface area contributed by atoms with Crippen molar-refractivity contribution >= 4 is 5.97 Å². The van der Waals surface area contributed by atoms with Gasteiger partial charge in [-0.2, -0.15) is 0 Å². The van der Waals surface area contributed by atoms with E-state index in [1.54, 1.807) is 20.1 Å². The number of carbonyl (C=O) groups is 1. The number of methoxy groups -OCH3 is 1.